The highest BCUT2D eigenvalue weighted by molar-refractivity contribution is 6.32. The van der Waals surface area contributed by atoms with E-state index < -0.39 is 0 Å². The smallest absolute Gasteiger partial charge is 0.253 e. The number of hydrogen-bond donors (Lipinski definition) is 2. The first-order chi connectivity index (χ1) is 17.1. The second kappa shape index (κ2) is 12.1. The number of ether oxygens (including phenoxy) is 1. The predicted molar refractivity (Wildman–Crippen MR) is 141 cm³/mol. The number of aliphatic hydroxyl groups is 1. The first-order valence-electron chi connectivity index (χ1n) is 11.8. The minimum absolute atomic E-state index is 0.0229. The third-order valence-corrected chi connectivity index (χ3v) is 6.24. The highest BCUT2D eigenvalue weighted by Gasteiger charge is 2.22. The minimum Gasteiger partial charge on any atom is -0.489 e. The average Bonchev–Trinajstić information content (AvgIpc) is 3.25. The van der Waals surface area contributed by atoms with Gasteiger partial charge in [-0.15, -0.1) is 0 Å². The summed E-state index contributed by atoms with van der Waals surface area (Å²) in [6.45, 7) is 5.48. The van der Waals surface area contributed by atoms with Crippen molar-refractivity contribution in [3.63, 3.8) is 0 Å². The van der Waals surface area contributed by atoms with Crippen LogP contribution in [0.3, 0.4) is 0 Å². The summed E-state index contributed by atoms with van der Waals surface area (Å²) in [5, 5.41) is 22.3. The van der Waals surface area contributed by atoms with Crippen molar-refractivity contribution in [2.24, 2.45) is 12.2 Å². The molecule has 8 nitrogen and oxygen atoms in total. The number of aromatic nitrogens is 2. The van der Waals surface area contributed by atoms with Crippen LogP contribution in [0.5, 0.6) is 5.75 Å². The van der Waals surface area contributed by atoms with Crippen molar-refractivity contribution < 1.29 is 19.8 Å². The molecular weight excluding hydrogens is 480 g/mol. The third kappa shape index (κ3) is 6.44. The topological polar surface area (TPSA) is 100 Å². The normalized spacial score (nSPS) is 12.6. The van der Waals surface area contributed by atoms with Crippen LogP contribution >= 0.6 is 11.6 Å². The Balaban J connectivity index is 1.75. The molecule has 1 atom stereocenters. The van der Waals surface area contributed by atoms with Crippen LogP contribution in [0.2, 0.25) is 5.02 Å². The molecule has 2 N–H and O–H groups in total. The second-order valence-corrected chi connectivity index (χ2v) is 9.45. The van der Waals surface area contributed by atoms with Gasteiger partial charge in [-0.3, -0.25) is 4.79 Å². The van der Waals surface area contributed by atoms with Gasteiger partial charge in [0.15, 0.2) is 5.82 Å². The van der Waals surface area contributed by atoms with Crippen molar-refractivity contribution in [3.8, 4) is 17.0 Å². The fraction of sp³-hybridized carbons (Fsp3) is 0.370. The molecule has 9 heteroatoms. The van der Waals surface area contributed by atoms with Gasteiger partial charge in [0.25, 0.3) is 5.91 Å². The van der Waals surface area contributed by atoms with E-state index in [9.17, 15) is 9.90 Å². The molecule has 0 spiro atoms. The molecule has 0 radical (unpaired) electrons. The summed E-state index contributed by atoms with van der Waals surface area (Å²) in [4.78, 5) is 19.4. The lowest BCUT2D eigenvalue weighted by molar-refractivity contribution is 0.0706. The molecule has 0 aliphatic carbocycles. The Bertz CT molecular complexity index is 1220. The van der Waals surface area contributed by atoms with E-state index in [1.807, 2.05) is 55.9 Å². The highest BCUT2D eigenvalue weighted by Crippen LogP contribution is 2.28. The van der Waals surface area contributed by atoms with Gasteiger partial charge < -0.3 is 24.5 Å². The molecule has 0 bridgehead atoms. The van der Waals surface area contributed by atoms with Crippen LogP contribution in [0.4, 0.5) is 0 Å². The largest absolute Gasteiger partial charge is 0.489 e. The Morgan fingerprint density at radius 3 is 2.50 bits per heavy atom. The number of aliphatic hydroxyl groups excluding tert-OH is 1. The van der Waals surface area contributed by atoms with Crippen LogP contribution in [0.15, 0.2) is 53.8 Å². The maximum absolute atomic E-state index is 13.2. The predicted octanol–water partition coefficient (Wildman–Crippen LogP) is 4.79. The summed E-state index contributed by atoms with van der Waals surface area (Å²) in [6.07, 6.45) is 2.87. The van der Waals surface area contributed by atoms with E-state index >= 15 is 0 Å². The molecule has 3 aromatic rings. The minimum atomic E-state index is -0.205. The quantitative estimate of drug-likeness (QED) is 0.231. The molecule has 0 saturated heterocycles. The van der Waals surface area contributed by atoms with E-state index in [-0.39, 0.29) is 24.7 Å². The number of rotatable bonds is 10. The van der Waals surface area contributed by atoms with Crippen LogP contribution in [0.25, 0.3) is 11.3 Å². The Labute approximate surface area is 216 Å². The molecule has 0 aliphatic heterocycles. The summed E-state index contributed by atoms with van der Waals surface area (Å²) in [7, 11) is 3.59. The molecule has 2 aromatic carbocycles. The molecule has 0 saturated carbocycles. The molecule has 0 aliphatic rings. The molecule has 1 heterocycles. The molecule has 0 unspecified atom stereocenters. The molecule has 1 amide bonds. The summed E-state index contributed by atoms with van der Waals surface area (Å²) >= 11 is 6.33. The van der Waals surface area contributed by atoms with Crippen molar-refractivity contribution in [3.05, 3.63) is 70.6 Å². The van der Waals surface area contributed by atoms with E-state index in [4.69, 9.17) is 21.5 Å². The van der Waals surface area contributed by atoms with Gasteiger partial charge in [-0.25, -0.2) is 4.98 Å². The lowest BCUT2D eigenvalue weighted by Gasteiger charge is -2.28. The number of likely N-dealkylation sites (N-methyl/N-ethyl adjacent to an activating group) is 1. The van der Waals surface area contributed by atoms with Crippen molar-refractivity contribution >= 4 is 23.2 Å². The fourth-order valence-corrected chi connectivity index (χ4v) is 4.23. The molecule has 192 valence electrons. The number of carbonyl (C=O) groups is 1. The van der Waals surface area contributed by atoms with Crippen molar-refractivity contribution in [1.82, 2.24) is 14.5 Å². The lowest BCUT2D eigenvalue weighted by Crippen LogP contribution is -2.39. The number of oxime groups is 1. The number of imidazole rings is 1. The van der Waals surface area contributed by atoms with Crippen LogP contribution in [0, 0.1) is 0 Å². The van der Waals surface area contributed by atoms with Crippen LogP contribution < -0.4 is 4.74 Å². The molecular formula is C27H33ClN4O4. The van der Waals surface area contributed by atoms with Gasteiger partial charge in [-0.1, -0.05) is 41.0 Å². The van der Waals surface area contributed by atoms with Gasteiger partial charge in [0.1, 0.15) is 11.5 Å². The van der Waals surface area contributed by atoms with Gasteiger partial charge in [-0.05, 0) is 57.4 Å². The SMILES string of the molecule is C/C(=N\O)c1nc(-c2ccc(C[C@@H](CCO)N(C)C(=O)c3ccc(OC(C)C)c(Cl)c3)cc2)cn1C. The zero-order chi connectivity index (χ0) is 26.4. The number of carbonyl (C=O) groups excluding carboxylic acids is 1. The standard InChI is InChI=1S/C27H33ClN4O4/c1-17(2)36-25-11-10-21(15-23(25)28)27(34)32(5)22(12-13-33)14-19-6-8-20(9-7-19)24-16-31(4)26(29-24)18(3)30-35/h6-11,15-17,22,33,35H,12-14H2,1-5H3/b30-18+/t22-/m1/s1. The summed E-state index contributed by atoms with van der Waals surface area (Å²) < 4.78 is 7.47. The van der Waals surface area contributed by atoms with E-state index in [0.29, 0.717) is 40.7 Å². The number of halogens is 1. The number of hydrogen-bond acceptors (Lipinski definition) is 6. The number of benzene rings is 2. The third-order valence-electron chi connectivity index (χ3n) is 5.94. The van der Waals surface area contributed by atoms with Crippen LogP contribution in [0.1, 0.15) is 48.9 Å². The lowest BCUT2D eigenvalue weighted by atomic mass is 10.00. The van der Waals surface area contributed by atoms with Crippen molar-refractivity contribution in [1.29, 1.82) is 0 Å². The highest BCUT2D eigenvalue weighted by atomic mass is 35.5. The zero-order valence-electron chi connectivity index (χ0n) is 21.3. The van der Waals surface area contributed by atoms with E-state index in [2.05, 4.69) is 10.1 Å². The molecule has 3 rings (SSSR count). The molecule has 1 aromatic heterocycles. The zero-order valence-corrected chi connectivity index (χ0v) is 22.0. The molecule has 0 fully saturated rings. The Morgan fingerprint density at radius 1 is 1.22 bits per heavy atom. The maximum atomic E-state index is 13.2. The summed E-state index contributed by atoms with van der Waals surface area (Å²) in [5.41, 5.74) is 3.61. The first-order valence-corrected chi connectivity index (χ1v) is 12.2. The Hall–Kier alpha value is -3.36. The van der Waals surface area contributed by atoms with Crippen LogP contribution in [-0.4, -0.2) is 62.2 Å². The Morgan fingerprint density at radius 2 is 1.92 bits per heavy atom. The van der Waals surface area contributed by atoms with Crippen molar-refractivity contribution in [2.45, 2.75) is 45.8 Å². The molecule has 36 heavy (non-hydrogen) atoms. The van der Waals surface area contributed by atoms with E-state index in [1.54, 1.807) is 37.1 Å². The van der Waals surface area contributed by atoms with Gasteiger partial charge >= 0.3 is 0 Å². The summed E-state index contributed by atoms with van der Waals surface area (Å²) in [5.74, 6) is 0.949. The number of aryl methyl sites for hydroxylation is 1. The fourth-order valence-electron chi connectivity index (χ4n) is 4.00. The van der Waals surface area contributed by atoms with E-state index in [1.165, 1.54) is 0 Å². The van der Waals surface area contributed by atoms with E-state index in [0.717, 1.165) is 16.8 Å². The van der Waals surface area contributed by atoms with Gasteiger partial charge in [0, 0.05) is 44.1 Å². The van der Waals surface area contributed by atoms with Crippen LogP contribution in [-0.2, 0) is 13.5 Å². The number of nitrogens with zero attached hydrogens (tertiary/aromatic N) is 4. The average molecular weight is 513 g/mol. The maximum Gasteiger partial charge on any atom is 0.253 e. The monoisotopic (exact) mass is 512 g/mol. The first kappa shape index (κ1) is 27.2. The second-order valence-electron chi connectivity index (χ2n) is 9.04. The van der Waals surface area contributed by atoms with Gasteiger partial charge in [-0.2, -0.15) is 0 Å². The van der Waals surface area contributed by atoms with Gasteiger partial charge in [0.05, 0.1) is 16.8 Å². The number of amides is 1. The Kier molecular flexibility index (Phi) is 9.12. The summed E-state index contributed by atoms with van der Waals surface area (Å²) in [6, 6.07) is 12.8. The van der Waals surface area contributed by atoms with Gasteiger partial charge in [0.2, 0.25) is 0 Å². The van der Waals surface area contributed by atoms with Crippen molar-refractivity contribution in [2.75, 3.05) is 13.7 Å².